The van der Waals surface area contributed by atoms with Crippen molar-refractivity contribution in [3.63, 3.8) is 0 Å². The Kier molecular flexibility index (Phi) is 26.7. The number of ether oxygens (including phenoxy) is 1. The van der Waals surface area contributed by atoms with E-state index in [1.54, 1.807) is 16.1 Å². The molecule has 0 aromatic heterocycles. The van der Waals surface area contributed by atoms with Crippen LogP contribution in [0, 0.1) is 4.35 Å². The summed E-state index contributed by atoms with van der Waals surface area (Å²) in [6, 6.07) is 0. The molecule has 0 bridgehead atoms. The first-order valence-electron chi connectivity index (χ1n) is 9.77. The Morgan fingerprint density at radius 3 is 1.69 bits per heavy atom. The summed E-state index contributed by atoms with van der Waals surface area (Å²) in [5, 5.41) is 17.8. The third kappa shape index (κ3) is 22.5. The van der Waals surface area contributed by atoms with E-state index in [2.05, 4.69) is 13.5 Å². The number of thiocarbonyl (C=S) groups is 1. The van der Waals surface area contributed by atoms with Gasteiger partial charge in [0.1, 0.15) is 13.0 Å². The van der Waals surface area contributed by atoms with Crippen molar-refractivity contribution in [1.29, 1.82) is 4.35 Å². The summed E-state index contributed by atoms with van der Waals surface area (Å²) in [6.45, 7) is 12.2. The Morgan fingerprint density at radius 1 is 0.969 bits per heavy atom. The SMILES string of the molecule is C=CC(=O)OCCCCCCCC.CC(C)(SC(=S)SC(C)(C)C(=O)O)C(=O)O.[B].[NH]=[Al]. The molecule has 7 nitrogen and oxygen atoms in total. The average Bonchev–Trinajstić information content (AvgIpc) is 2.68. The zero-order valence-electron chi connectivity index (χ0n) is 19.6. The van der Waals surface area contributed by atoms with Gasteiger partial charge in [0.05, 0.1) is 6.61 Å². The van der Waals surface area contributed by atoms with Gasteiger partial charge in [-0.05, 0) is 34.1 Å². The number of carboxylic acids is 2. The normalized spacial score (nSPS) is 10.1. The Bertz CT molecular complexity index is 562. The van der Waals surface area contributed by atoms with E-state index in [1.165, 1.54) is 59.5 Å². The Hall–Kier alpha value is -0.663. The summed E-state index contributed by atoms with van der Waals surface area (Å²) in [5.41, 5.74) is 0. The van der Waals surface area contributed by atoms with Crippen LogP contribution in [0.2, 0.25) is 0 Å². The summed E-state index contributed by atoms with van der Waals surface area (Å²) in [5.74, 6) is -2.27. The third-order valence-electron chi connectivity index (χ3n) is 3.62. The molecule has 0 unspecified atom stereocenters. The number of thioether (sulfide) groups is 2. The molecule has 180 valence electrons. The molecular formula is C20H35AlBNO6S3. The number of aliphatic carboxylic acids is 2. The van der Waals surface area contributed by atoms with Gasteiger partial charge in [0.15, 0.2) is 0 Å². The summed E-state index contributed by atoms with van der Waals surface area (Å²) >= 11 is 8.63. The molecule has 0 saturated carbocycles. The first-order chi connectivity index (χ1) is 14.3. The molecule has 3 N–H and O–H groups in total. The van der Waals surface area contributed by atoms with Crippen molar-refractivity contribution in [2.24, 2.45) is 0 Å². The quantitative estimate of drug-likeness (QED) is 0.106. The fourth-order valence-electron chi connectivity index (χ4n) is 1.64. The van der Waals surface area contributed by atoms with Gasteiger partial charge in [-0.15, -0.1) is 0 Å². The molecule has 0 fully saturated rings. The van der Waals surface area contributed by atoms with Crippen molar-refractivity contribution < 1.29 is 29.3 Å². The van der Waals surface area contributed by atoms with Gasteiger partial charge in [-0.3, -0.25) is 9.59 Å². The molecule has 4 radical (unpaired) electrons. The van der Waals surface area contributed by atoms with E-state index in [0.29, 0.717) is 10.1 Å². The minimum absolute atomic E-state index is 0. The van der Waals surface area contributed by atoms with Crippen LogP contribution < -0.4 is 0 Å². The molecule has 0 rings (SSSR count). The van der Waals surface area contributed by atoms with E-state index in [4.69, 9.17) is 31.5 Å². The van der Waals surface area contributed by atoms with E-state index in [9.17, 15) is 14.4 Å². The molecule has 0 aromatic rings. The van der Waals surface area contributed by atoms with E-state index in [0.717, 1.165) is 36.4 Å². The van der Waals surface area contributed by atoms with E-state index in [-0.39, 0.29) is 14.4 Å². The van der Waals surface area contributed by atoms with E-state index in [1.807, 2.05) is 0 Å². The van der Waals surface area contributed by atoms with Crippen molar-refractivity contribution in [2.75, 3.05) is 6.61 Å². The van der Waals surface area contributed by atoms with Gasteiger partial charge in [-0.25, -0.2) is 4.79 Å². The van der Waals surface area contributed by atoms with Gasteiger partial charge in [0, 0.05) is 14.5 Å². The maximum absolute atomic E-state index is 10.8. The predicted octanol–water partition coefficient (Wildman–Crippen LogP) is 5.08. The van der Waals surface area contributed by atoms with Gasteiger partial charge < -0.3 is 14.9 Å². The van der Waals surface area contributed by atoms with Crippen LogP contribution >= 0.6 is 35.7 Å². The number of esters is 1. The number of hydrogen-bond acceptors (Lipinski definition) is 8. The molecular weight excluding hydrogens is 484 g/mol. The number of carbonyl (C=O) groups excluding carboxylic acids is 1. The van der Waals surface area contributed by atoms with Crippen LogP contribution in [-0.4, -0.2) is 72.3 Å². The number of rotatable bonds is 12. The first kappa shape index (κ1) is 38.6. The molecule has 0 saturated heterocycles. The van der Waals surface area contributed by atoms with Crippen LogP contribution in [0.3, 0.4) is 0 Å². The van der Waals surface area contributed by atoms with Crippen molar-refractivity contribution in [1.82, 2.24) is 0 Å². The topological polar surface area (TPSA) is 125 Å². The van der Waals surface area contributed by atoms with Crippen LogP contribution in [-0.2, 0) is 19.1 Å². The summed E-state index contributed by atoms with van der Waals surface area (Å²) < 4.78 is 8.74. The summed E-state index contributed by atoms with van der Waals surface area (Å²) in [7, 11) is 0. The first-order valence-corrected chi connectivity index (χ1v) is 12.4. The zero-order valence-corrected chi connectivity index (χ0v) is 23.2. The molecule has 0 aliphatic carbocycles. The minimum atomic E-state index is -1.04. The van der Waals surface area contributed by atoms with Crippen molar-refractivity contribution in [2.45, 2.75) is 82.6 Å². The van der Waals surface area contributed by atoms with E-state index >= 15 is 0 Å². The number of nitrogens with one attached hydrogen (secondary N) is 1. The summed E-state index contributed by atoms with van der Waals surface area (Å²) in [4.78, 5) is 32.3. The third-order valence-corrected chi connectivity index (χ3v) is 6.32. The fourth-order valence-corrected chi connectivity index (χ4v) is 5.31. The van der Waals surface area contributed by atoms with Gasteiger partial charge in [-0.2, -0.15) is 0 Å². The van der Waals surface area contributed by atoms with Crippen LogP contribution in [0.4, 0.5) is 0 Å². The second kappa shape index (κ2) is 22.1. The van der Waals surface area contributed by atoms with Gasteiger partial charge in [0.2, 0.25) is 0 Å². The molecule has 32 heavy (non-hydrogen) atoms. The average molecular weight is 519 g/mol. The number of hydrogen-bond donors (Lipinski definition) is 3. The predicted molar refractivity (Wildman–Crippen MR) is 140 cm³/mol. The van der Waals surface area contributed by atoms with E-state index < -0.39 is 21.4 Å². The number of unbranched alkanes of at least 4 members (excludes halogenated alkanes) is 5. The Morgan fingerprint density at radius 2 is 1.34 bits per heavy atom. The standard InChI is InChI=1S/C11H20O2.C9H14O4S3.Al.B.HN/c1-3-5-6-7-8-9-10-13-11(12)4-2;1-8(2,5(10)11)15-7(14)16-9(3,4)6(12)13;;;/h4H,2-3,5-10H2,1H3;1-4H3,(H,10,11)(H,12,13);;;1H. The molecule has 0 aliphatic heterocycles. The molecule has 0 aliphatic rings. The Labute approximate surface area is 216 Å². The van der Waals surface area contributed by atoms with Crippen LogP contribution in [0.25, 0.3) is 0 Å². The van der Waals surface area contributed by atoms with Crippen LogP contribution in [0.1, 0.15) is 73.1 Å². The van der Waals surface area contributed by atoms with Crippen LogP contribution in [0.15, 0.2) is 12.7 Å². The number of carboxylic acid groups (broad SMARTS) is 2. The van der Waals surface area contributed by atoms with Gasteiger partial charge in [-0.1, -0.05) is 81.3 Å². The van der Waals surface area contributed by atoms with Crippen LogP contribution in [0.5, 0.6) is 0 Å². The fraction of sp³-hybridized carbons (Fsp3) is 0.700. The molecule has 12 heteroatoms. The van der Waals surface area contributed by atoms with Gasteiger partial charge in [0.25, 0.3) is 0 Å². The molecule has 0 atom stereocenters. The van der Waals surface area contributed by atoms with Crippen molar-refractivity contribution in [3.05, 3.63) is 12.7 Å². The summed E-state index contributed by atoms with van der Waals surface area (Å²) in [6.07, 6.45) is 8.47. The zero-order chi connectivity index (χ0) is 25.1. The Balaban J connectivity index is -0.000000224. The maximum atomic E-state index is 10.8. The molecule has 0 heterocycles. The molecule has 0 spiro atoms. The molecule has 0 aromatic carbocycles. The second-order valence-electron chi connectivity index (χ2n) is 7.22. The number of carbonyl (C=O) groups is 3. The van der Waals surface area contributed by atoms with Gasteiger partial charge >= 0.3 is 38.3 Å². The monoisotopic (exact) mass is 519 g/mol. The second-order valence-corrected chi connectivity index (χ2v) is 11.7. The molecule has 0 amide bonds. The van der Waals surface area contributed by atoms with Crippen molar-refractivity contribution in [3.8, 4) is 0 Å². The van der Waals surface area contributed by atoms with Crippen molar-refractivity contribution >= 4 is 81.7 Å².